The van der Waals surface area contributed by atoms with Crippen LogP contribution in [-0.2, 0) is 19.3 Å². The molecule has 2 saturated heterocycles. The van der Waals surface area contributed by atoms with Crippen molar-refractivity contribution in [2.45, 2.75) is 31.1 Å². The molecule has 140 valence electrons. The molecule has 0 aliphatic carbocycles. The van der Waals surface area contributed by atoms with Gasteiger partial charge in [-0.05, 0) is 36.0 Å². The van der Waals surface area contributed by atoms with Crippen LogP contribution in [0, 0.1) is 10.6 Å². The second kappa shape index (κ2) is 6.79. The van der Waals surface area contributed by atoms with Gasteiger partial charge in [-0.15, -0.1) is 0 Å². The molecule has 7 nitrogen and oxygen atoms in total. The summed E-state index contributed by atoms with van der Waals surface area (Å²) < 4.78 is 34.0. The van der Waals surface area contributed by atoms with Gasteiger partial charge in [0.25, 0.3) is 0 Å². The molecule has 2 fully saturated rings. The summed E-state index contributed by atoms with van der Waals surface area (Å²) in [7, 11) is -1.21. The molecule has 2 heterocycles. The zero-order valence-corrected chi connectivity index (χ0v) is 15.1. The quantitative estimate of drug-likeness (QED) is 0.763. The van der Waals surface area contributed by atoms with Crippen LogP contribution in [0.5, 0.6) is 0 Å². The molecule has 1 aromatic carbocycles. The fourth-order valence-electron chi connectivity index (χ4n) is 3.53. The van der Waals surface area contributed by atoms with Gasteiger partial charge >= 0.3 is 6.03 Å². The zero-order valence-electron chi connectivity index (χ0n) is 14.3. The van der Waals surface area contributed by atoms with Crippen molar-refractivity contribution in [3.05, 3.63) is 35.1 Å². The SMILES string of the molecule is CNC(=O)N1C(=O)CC(c2ccc([C@H]3CC[S@@](=N)(=O)CC3)c(F)c2)C1=O. The lowest BCUT2D eigenvalue weighted by Crippen LogP contribution is -2.42. The summed E-state index contributed by atoms with van der Waals surface area (Å²) >= 11 is 0. The number of hydrogen-bond donors (Lipinski definition) is 2. The van der Waals surface area contributed by atoms with Crippen molar-refractivity contribution in [1.29, 1.82) is 4.78 Å². The first-order valence-electron chi connectivity index (χ1n) is 8.35. The van der Waals surface area contributed by atoms with E-state index < -0.39 is 39.3 Å². The third-order valence-corrected chi connectivity index (χ3v) is 6.81. The van der Waals surface area contributed by atoms with Crippen LogP contribution in [0.3, 0.4) is 0 Å². The van der Waals surface area contributed by atoms with Crippen LogP contribution in [0.25, 0.3) is 0 Å². The lowest BCUT2D eigenvalue weighted by Gasteiger charge is -2.24. The Morgan fingerprint density at radius 3 is 2.54 bits per heavy atom. The highest BCUT2D eigenvalue weighted by Gasteiger charge is 2.43. The molecule has 0 bridgehead atoms. The topological polar surface area (TPSA) is 107 Å². The molecule has 0 spiro atoms. The molecule has 4 amide bonds. The van der Waals surface area contributed by atoms with Gasteiger partial charge < -0.3 is 5.32 Å². The van der Waals surface area contributed by atoms with Crippen molar-refractivity contribution in [3.63, 3.8) is 0 Å². The Labute approximate surface area is 150 Å². The minimum Gasteiger partial charge on any atom is -0.340 e. The molecule has 3 rings (SSSR count). The molecule has 2 N–H and O–H groups in total. The van der Waals surface area contributed by atoms with Crippen molar-refractivity contribution in [1.82, 2.24) is 10.2 Å². The number of amides is 4. The van der Waals surface area contributed by atoms with Crippen LogP contribution >= 0.6 is 0 Å². The first-order chi connectivity index (χ1) is 12.2. The van der Waals surface area contributed by atoms with E-state index >= 15 is 0 Å². The van der Waals surface area contributed by atoms with Gasteiger partial charge in [0.1, 0.15) is 5.82 Å². The number of halogens is 1. The normalized spacial score (nSPS) is 29.1. The number of imide groups is 3. The van der Waals surface area contributed by atoms with E-state index in [0.29, 0.717) is 28.9 Å². The third kappa shape index (κ3) is 3.35. The maximum absolute atomic E-state index is 14.6. The minimum absolute atomic E-state index is 0.104. The van der Waals surface area contributed by atoms with Crippen LogP contribution in [-0.4, -0.2) is 45.5 Å². The van der Waals surface area contributed by atoms with Crippen molar-refractivity contribution in [3.8, 4) is 0 Å². The summed E-state index contributed by atoms with van der Waals surface area (Å²) in [6.07, 6.45) is 0.809. The number of nitrogens with one attached hydrogen (secondary N) is 2. The Morgan fingerprint density at radius 2 is 1.96 bits per heavy atom. The Morgan fingerprint density at radius 1 is 1.31 bits per heavy atom. The van der Waals surface area contributed by atoms with Gasteiger partial charge in [0.2, 0.25) is 11.8 Å². The largest absolute Gasteiger partial charge is 0.340 e. The van der Waals surface area contributed by atoms with Crippen LogP contribution in [0.15, 0.2) is 18.2 Å². The maximum atomic E-state index is 14.6. The number of likely N-dealkylation sites (tertiary alicyclic amines) is 1. The number of rotatable bonds is 2. The number of hydrogen-bond acceptors (Lipinski definition) is 5. The number of carbonyl (C=O) groups excluding carboxylic acids is 3. The van der Waals surface area contributed by atoms with Crippen molar-refractivity contribution in [2.75, 3.05) is 18.6 Å². The van der Waals surface area contributed by atoms with Crippen LogP contribution in [0.2, 0.25) is 0 Å². The smallest absolute Gasteiger partial charge is 0.330 e. The van der Waals surface area contributed by atoms with Gasteiger partial charge in [0, 0.05) is 34.7 Å². The summed E-state index contributed by atoms with van der Waals surface area (Å²) in [6, 6.07) is 3.65. The van der Waals surface area contributed by atoms with E-state index in [1.165, 1.54) is 13.1 Å². The van der Waals surface area contributed by atoms with E-state index in [9.17, 15) is 23.0 Å². The fourth-order valence-corrected chi connectivity index (χ4v) is 5.07. The predicted octanol–water partition coefficient (Wildman–Crippen LogP) is 1.93. The van der Waals surface area contributed by atoms with Crippen LogP contribution < -0.4 is 5.32 Å². The second-order valence-corrected chi connectivity index (χ2v) is 9.09. The average Bonchev–Trinajstić information content (AvgIpc) is 2.89. The highest BCUT2D eigenvalue weighted by molar-refractivity contribution is 7.92. The Hall–Kier alpha value is -2.29. The lowest BCUT2D eigenvalue weighted by molar-refractivity contribution is -0.134. The van der Waals surface area contributed by atoms with Crippen LogP contribution in [0.4, 0.5) is 9.18 Å². The number of nitrogens with zero attached hydrogens (tertiary/aromatic N) is 1. The number of carbonyl (C=O) groups is 3. The lowest BCUT2D eigenvalue weighted by atomic mass is 9.89. The molecule has 9 heteroatoms. The van der Waals surface area contributed by atoms with E-state index in [1.54, 1.807) is 12.1 Å². The monoisotopic (exact) mass is 381 g/mol. The molecular formula is C17H20FN3O4S. The van der Waals surface area contributed by atoms with Crippen molar-refractivity contribution < 1.29 is 23.0 Å². The Kier molecular flexibility index (Phi) is 4.83. The predicted molar refractivity (Wildman–Crippen MR) is 92.6 cm³/mol. The molecule has 2 aliphatic rings. The second-order valence-electron chi connectivity index (χ2n) is 6.65. The summed E-state index contributed by atoms with van der Waals surface area (Å²) in [4.78, 5) is 36.5. The molecule has 0 aromatic heterocycles. The van der Waals surface area contributed by atoms with Gasteiger partial charge in [-0.3, -0.25) is 14.4 Å². The summed E-state index contributed by atoms with van der Waals surface area (Å²) in [5.41, 5.74) is 0.833. The third-order valence-electron chi connectivity index (χ3n) is 5.02. The highest BCUT2D eigenvalue weighted by atomic mass is 32.2. The van der Waals surface area contributed by atoms with Crippen molar-refractivity contribution in [2.24, 2.45) is 0 Å². The molecule has 26 heavy (non-hydrogen) atoms. The number of benzene rings is 1. The maximum Gasteiger partial charge on any atom is 0.330 e. The zero-order chi connectivity index (χ0) is 19.1. The van der Waals surface area contributed by atoms with Gasteiger partial charge in [0.15, 0.2) is 0 Å². The van der Waals surface area contributed by atoms with E-state index in [1.807, 2.05) is 0 Å². The Balaban J connectivity index is 1.81. The summed E-state index contributed by atoms with van der Waals surface area (Å²) in [5.74, 6) is -2.21. The molecule has 0 radical (unpaired) electrons. The molecule has 1 atom stereocenters. The Bertz CT molecular complexity index is 870. The fraction of sp³-hybridized carbons (Fsp3) is 0.471. The molecule has 1 unspecified atom stereocenters. The van der Waals surface area contributed by atoms with E-state index in [2.05, 4.69) is 5.32 Å². The molecule has 0 saturated carbocycles. The number of urea groups is 1. The summed E-state index contributed by atoms with van der Waals surface area (Å²) in [6.45, 7) is 0. The molecular weight excluding hydrogens is 361 g/mol. The van der Waals surface area contributed by atoms with E-state index in [-0.39, 0.29) is 23.8 Å². The molecule has 1 aromatic rings. The average molecular weight is 381 g/mol. The molecule has 2 aliphatic heterocycles. The van der Waals surface area contributed by atoms with E-state index in [4.69, 9.17) is 4.78 Å². The van der Waals surface area contributed by atoms with Crippen molar-refractivity contribution >= 4 is 27.6 Å². The van der Waals surface area contributed by atoms with E-state index in [0.717, 1.165) is 0 Å². The van der Waals surface area contributed by atoms with Gasteiger partial charge in [-0.1, -0.05) is 12.1 Å². The van der Waals surface area contributed by atoms with Gasteiger partial charge in [-0.2, -0.15) is 4.90 Å². The van der Waals surface area contributed by atoms with Gasteiger partial charge in [0.05, 0.1) is 5.92 Å². The first kappa shape index (κ1) is 18.5. The summed E-state index contributed by atoms with van der Waals surface area (Å²) in [5, 5.41) is 2.24. The first-order valence-corrected chi connectivity index (χ1v) is 10.2. The highest BCUT2D eigenvalue weighted by Crippen LogP contribution is 2.35. The standard InChI is InChI=1S/C17H20FN3O4S/c1-20-17(24)21-15(22)9-13(16(21)23)11-2-3-12(14(18)8-11)10-4-6-26(19,25)7-5-10/h2-3,8,10,13,19H,4-7,9H2,1H3,(H,20,24)/t10-,13?,26+. The van der Waals surface area contributed by atoms with Crippen LogP contribution in [0.1, 0.15) is 42.2 Å². The van der Waals surface area contributed by atoms with Gasteiger partial charge in [-0.25, -0.2) is 13.4 Å². The minimum atomic E-state index is -2.54.